The summed E-state index contributed by atoms with van der Waals surface area (Å²) in [5.74, 6) is 0.286. The Kier molecular flexibility index (Phi) is 18.0. The zero-order valence-electron chi connectivity index (χ0n) is 21.4. The van der Waals surface area contributed by atoms with E-state index in [0.29, 0.717) is 6.42 Å². The summed E-state index contributed by atoms with van der Waals surface area (Å²) in [7, 11) is -3.57. The van der Waals surface area contributed by atoms with E-state index in [-0.39, 0.29) is 60.4 Å². The van der Waals surface area contributed by atoms with Gasteiger partial charge in [0.15, 0.2) is 5.78 Å². The van der Waals surface area contributed by atoms with Crippen molar-refractivity contribution in [3.05, 3.63) is 42.0 Å². The van der Waals surface area contributed by atoms with Crippen LogP contribution in [-0.4, -0.2) is 58.5 Å². The Hall–Kier alpha value is -0.200. The fourth-order valence-corrected chi connectivity index (χ4v) is 5.04. The van der Waals surface area contributed by atoms with Gasteiger partial charge in [-0.1, -0.05) is 102 Å². The van der Waals surface area contributed by atoms with E-state index >= 15 is 0 Å². The van der Waals surface area contributed by atoms with Crippen LogP contribution in [0.3, 0.4) is 0 Å². The van der Waals surface area contributed by atoms with Crippen LogP contribution in [0.1, 0.15) is 105 Å². The number of carbonyl (C=O) groups is 1. The quantitative estimate of drug-likeness (QED) is 0.161. The van der Waals surface area contributed by atoms with Crippen LogP contribution in [0.25, 0.3) is 0 Å². The summed E-state index contributed by atoms with van der Waals surface area (Å²) in [5.41, 5.74) is 1.43. The van der Waals surface area contributed by atoms with Gasteiger partial charge in [0.2, 0.25) is 0 Å². The molecule has 0 amide bonds. The number of rotatable bonds is 13. The van der Waals surface area contributed by atoms with Crippen molar-refractivity contribution in [3.63, 3.8) is 0 Å². The third kappa shape index (κ3) is 16.2. The average molecular weight is 505 g/mol. The maximum atomic E-state index is 11.9. The van der Waals surface area contributed by atoms with Crippen molar-refractivity contribution in [1.29, 1.82) is 0 Å². The van der Waals surface area contributed by atoms with Crippen LogP contribution in [0.5, 0.6) is 0 Å². The molecule has 0 spiro atoms. The number of allylic oxidation sites excluding steroid dienone is 2. The van der Waals surface area contributed by atoms with Gasteiger partial charge < -0.3 is 0 Å². The summed E-state index contributed by atoms with van der Waals surface area (Å²) in [6.07, 6.45) is 15.8. The molecule has 0 aromatic heterocycles. The number of ketones is 1. The standard InChI is InChI=1S/C18H30O3S.C9H14O.Ca/c1-2-3-4-5-6-7-8-9-10-14-17-21-22(19,20)18-15-12-11-13-16-18;1-7-4-8(10)6-9(2,3)5-7;/h11-13,15-16H,2-10,14,17H2,1H3;4H,5-6H2,1-3H3;. The molecule has 0 aliphatic heterocycles. The maximum Gasteiger partial charge on any atom is 0.296 e. The molecule has 0 fully saturated rings. The second-order valence-electron chi connectivity index (χ2n) is 9.75. The van der Waals surface area contributed by atoms with Crippen LogP contribution >= 0.6 is 0 Å². The van der Waals surface area contributed by atoms with Crippen molar-refractivity contribution in [3.8, 4) is 0 Å². The Balaban J connectivity index is 0.000000779. The molecule has 6 heteroatoms. The predicted octanol–water partition coefficient (Wildman–Crippen LogP) is 7.25. The van der Waals surface area contributed by atoms with Crippen molar-refractivity contribution >= 4 is 53.6 Å². The molecular weight excluding hydrogens is 460 g/mol. The van der Waals surface area contributed by atoms with Gasteiger partial charge in [-0.05, 0) is 43.4 Å². The van der Waals surface area contributed by atoms with Gasteiger partial charge >= 0.3 is 0 Å². The second-order valence-corrected chi connectivity index (χ2v) is 11.4. The summed E-state index contributed by atoms with van der Waals surface area (Å²) in [5, 5.41) is 0. The minimum Gasteiger partial charge on any atom is -0.295 e. The fourth-order valence-electron chi connectivity index (χ4n) is 4.08. The number of hydrogen-bond donors (Lipinski definition) is 0. The van der Waals surface area contributed by atoms with E-state index in [9.17, 15) is 13.2 Å². The number of hydrogen-bond acceptors (Lipinski definition) is 4. The summed E-state index contributed by atoms with van der Waals surface area (Å²) in [6.45, 7) is 8.83. The van der Waals surface area contributed by atoms with Gasteiger partial charge in [0.05, 0.1) is 11.5 Å². The zero-order chi connectivity index (χ0) is 23.9. The molecule has 2 rings (SSSR count). The number of unbranched alkanes of at least 4 members (excludes halogenated alkanes) is 9. The summed E-state index contributed by atoms with van der Waals surface area (Å²) in [4.78, 5) is 11.3. The van der Waals surface area contributed by atoms with Gasteiger partial charge in [0.1, 0.15) is 0 Å². The van der Waals surface area contributed by atoms with Crippen LogP contribution in [0, 0.1) is 5.41 Å². The molecule has 1 aromatic carbocycles. The van der Waals surface area contributed by atoms with Crippen molar-refractivity contribution in [2.45, 2.75) is 110 Å². The van der Waals surface area contributed by atoms with Crippen LogP contribution in [0.15, 0.2) is 46.9 Å². The Morgan fingerprint density at radius 1 is 0.848 bits per heavy atom. The van der Waals surface area contributed by atoms with Crippen LogP contribution in [0.4, 0.5) is 0 Å². The SMILES string of the molecule is CC1=CC(=O)CC(C)(C)C1.CCCCCCCCCCCCOS(=O)(=O)c1ccccc1.[Ca]. The topological polar surface area (TPSA) is 60.4 Å². The minimum absolute atomic E-state index is 0. The third-order valence-electron chi connectivity index (χ3n) is 5.59. The van der Waals surface area contributed by atoms with E-state index in [1.54, 1.807) is 36.4 Å². The van der Waals surface area contributed by atoms with Crippen molar-refractivity contribution in [2.24, 2.45) is 5.41 Å². The molecule has 1 aliphatic rings. The first-order valence-electron chi connectivity index (χ1n) is 12.3. The Morgan fingerprint density at radius 2 is 1.36 bits per heavy atom. The van der Waals surface area contributed by atoms with Crippen LogP contribution < -0.4 is 0 Å². The first-order valence-corrected chi connectivity index (χ1v) is 13.7. The van der Waals surface area contributed by atoms with Gasteiger partial charge in [-0.15, -0.1) is 0 Å². The van der Waals surface area contributed by atoms with E-state index in [2.05, 4.69) is 20.8 Å². The average Bonchev–Trinajstić information content (AvgIpc) is 2.71. The number of benzene rings is 1. The minimum atomic E-state index is -3.57. The largest absolute Gasteiger partial charge is 0.296 e. The molecule has 0 bridgehead atoms. The van der Waals surface area contributed by atoms with Gasteiger partial charge in [-0.25, -0.2) is 0 Å². The number of carbonyl (C=O) groups excluding carboxylic acids is 1. The molecule has 0 atom stereocenters. The molecule has 33 heavy (non-hydrogen) atoms. The van der Waals surface area contributed by atoms with Crippen LogP contribution in [0.2, 0.25) is 0 Å². The van der Waals surface area contributed by atoms with E-state index < -0.39 is 10.1 Å². The zero-order valence-corrected chi connectivity index (χ0v) is 24.4. The van der Waals surface area contributed by atoms with Gasteiger partial charge in [-0.2, -0.15) is 8.42 Å². The van der Waals surface area contributed by atoms with Crippen molar-refractivity contribution in [2.75, 3.05) is 6.61 Å². The first-order chi connectivity index (χ1) is 15.2. The normalized spacial score (nSPS) is 15.2. The van der Waals surface area contributed by atoms with E-state index in [1.165, 1.54) is 56.9 Å². The molecule has 4 nitrogen and oxygen atoms in total. The monoisotopic (exact) mass is 504 g/mol. The fraction of sp³-hybridized carbons (Fsp3) is 0.667. The molecule has 0 heterocycles. The van der Waals surface area contributed by atoms with Crippen molar-refractivity contribution in [1.82, 2.24) is 0 Å². The Bertz CT molecular complexity index is 786. The smallest absolute Gasteiger partial charge is 0.295 e. The third-order valence-corrected chi connectivity index (χ3v) is 6.91. The van der Waals surface area contributed by atoms with Gasteiger partial charge in [0.25, 0.3) is 10.1 Å². The van der Waals surface area contributed by atoms with E-state index in [0.717, 1.165) is 19.3 Å². The molecule has 1 aromatic rings. The van der Waals surface area contributed by atoms with E-state index in [1.807, 2.05) is 6.92 Å². The molecule has 2 radical (unpaired) electrons. The predicted molar refractivity (Wildman–Crippen MR) is 139 cm³/mol. The van der Waals surface area contributed by atoms with Gasteiger partial charge in [-0.3, -0.25) is 8.98 Å². The van der Waals surface area contributed by atoms with E-state index in [4.69, 9.17) is 4.18 Å². The summed E-state index contributed by atoms with van der Waals surface area (Å²) in [6, 6.07) is 8.33. The Labute approximate surface area is 233 Å². The van der Waals surface area contributed by atoms with Crippen molar-refractivity contribution < 1.29 is 17.4 Å². The second kappa shape index (κ2) is 18.1. The summed E-state index contributed by atoms with van der Waals surface area (Å²) < 4.78 is 28.8. The maximum absolute atomic E-state index is 11.9. The van der Waals surface area contributed by atoms with Gasteiger partial charge in [0, 0.05) is 44.2 Å². The molecule has 1 aliphatic carbocycles. The molecule has 0 saturated heterocycles. The summed E-state index contributed by atoms with van der Waals surface area (Å²) >= 11 is 0. The molecule has 184 valence electrons. The molecular formula is C27H44CaO4S. The molecule has 0 saturated carbocycles. The van der Waals surface area contributed by atoms with Crippen LogP contribution in [-0.2, 0) is 19.1 Å². The first kappa shape index (κ1) is 32.8. The Morgan fingerprint density at radius 3 is 1.85 bits per heavy atom. The molecule has 0 N–H and O–H groups in total. The molecule has 0 unspecified atom stereocenters.